The van der Waals surface area contributed by atoms with E-state index >= 15 is 0 Å². The zero-order chi connectivity index (χ0) is 10.8. The summed E-state index contributed by atoms with van der Waals surface area (Å²) in [4.78, 5) is 11.9. The lowest BCUT2D eigenvalue weighted by Crippen LogP contribution is -2.12. The zero-order valence-electron chi connectivity index (χ0n) is 8.62. The van der Waals surface area contributed by atoms with Crippen molar-refractivity contribution in [2.75, 3.05) is 0 Å². The van der Waals surface area contributed by atoms with Gasteiger partial charge in [-0.1, -0.05) is 13.0 Å². The largest absolute Gasteiger partial charge is 0.464 e. The van der Waals surface area contributed by atoms with Crippen LogP contribution in [-0.2, 0) is 13.0 Å². The van der Waals surface area contributed by atoms with Crippen molar-refractivity contribution in [2.24, 2.45) is 5.73 Å². The fraction of sp³-hybridized carbons (Fsp3) is 0.250. The number of hydrogen-bond acceptors (Lipinski definition) is 3. The van der Waals surface area contributed by atoms with Crippen molar-refractivity contribution in [3.05, 3.63) is 45.8 Å². The number of rotatable bonds is 2. The molecule has 0 bridgehead atoms. The van der Waals surface area contributed by atoms with Crippen LogP contribution >= 0.6 is 0 Å². The summed E-state index contributed by atoms with van der Waals surface area (Å²) in [6, 6.07) is 5.67. The van der Waals surface area contributed by atoms with Crippen LogP contribution in [0, 0.1) is 0 Å². The highest BCUT2D eigenvalue weighted by atomic mass is 16.3. The molecular formula is C12H13NO2. The van der Waals surface area contributed by atoms with Gasteiger partial charge in [0, 0.05) is 12.1 Å². The third-order valence-electron chi connectivity index (χ3n) is 2.54. The summed E-state index contributed by atoms with van der Waals surface area (Å²) in [6.07, 6.45) is 2.35. The Bertz CT molecular complexity index is 538. The van der Waals surface area contributed by atoms with Crippen LogP contribution in [0.5, 0.6) is 0 Å². The summed E-state index contributed by atoms with van der Waals surface area (Å²) in [5.41, 5.74) is 7.71. The highest BCUT2D eigenvalue weighted by molar-refractivity contribution is 5.77. The van der Waals surface area contributed by atoms with E-state index in [4.69, 9.17) is 10.2 Å². The predicted octanol–water partition coefficient (Wildman–Crippen LogP) is 1.81. The minimum atomic E-state index is -0.0194. The average Bonchev–Trinajstić information content (AvgIpc) is 2.29. The minimum Gasteiger partial charge on any atom is -0.464 e. The summed E-state index contributed by atoms with van der Waals surface area (Å²) in [6.45, 7) is 2.27. The summed E-state index contributed by atoms with van der Waals surface area (Å²) in [5, 5.41) is 0.623. The van der Waals surface area contributed by atoms with Gasteiger partial charge in [-0.2, -0.15) is 0 Å². The van der Waals surface area contributed by atoms with Gasteiger partial charge in [0.25, 0.3) is 0 Å². The van der Waals surface area contributed by atoms with Crippen molar-refractivity contribution in [1.29, 1.82) is 0 Å². The maximum absolute atomic E-state index is 11.9. The minimum absolute atomic E-state index is 0.0194. The summed E-state index contributed by atoms with van der Waals surface area (Å²) in [7, 11) is 0. The molecule has 1 aromatic carbocycles. The summed E-state index contributed by atoms with van der Waals surface area (Å²) in [5.74, 6) is 0. The van der Waals surface area contributed by atoms with E-state index in [2.05, 4.69) is 6.92 Å². The average molecular weight is 203 g/mol. The highest BCUT2D eigenvalue weighted by Gasteiger charge is 2.05. The lowest BCUT2D eigenvalue weighted by Gasteiger charge is -2.01. The van der Waals surface area contributed by atoms with E-state index < -0.39 is 0 Å². The quantitative estimate of drug-likeness (QED) is 0.809. The second-order valence-corrected chi connectivity index (χ2v) is 3.48. The molecule has 2 aromatic rings. The lowest BCUT2D eigenvalue weighted by atomic mass is 10.1. The van der Waals surface area contributed by atoms with Gasteiger partial charge in [-0.25, -0.2) is 0 Å². The molecular weight excluding hydrogens is 190 g/mol. The van der Waals surface area contributed by atoms with E-state index in [0.29, 0.717) is 16.5 Å². The van der Waals surface area contributed by atoms with Crippen LogP contribution in [0.3, 0.4) is 0 Å². The molecule has 15 heavy (non-hydrogen) atoms. The molecule has 0 saturated carbocycles. The first-order valence-corrected chi connectivity index (χ1v) is 4.99. The molecule has 0 fully saturated rings. The summed E-state index contributed by atoms with van der Waals surface area (Å²) < 4.78 is 5.33. The number of aryl methyl sites for hydroxylation is 1. The van der Waals surface area contributed by atoms with Gasteiger partial charge < -0.3 is 10.2 Å². The first-order valence-electron chi connectivity index (χ1n) is 4.99. The monoisotopic (exact) mass is 203 g/mol. The number of benzene rings is 1. The molecule has 0 amide bonds. The molecule has 0 aliphatic rings. The normalized spacial score (nSPS) is 10.8. The maximum Gasteiger partial charge on any atom is 0.197 e. The molecule has 0 saturated heterocycles. The molecule has 1 aromatic heterocycles. The van der Waals surface area contributed by atoms with Crippen molar-refractivity contribution in [3.63, 3.8) is 0 Å². The molecule has 2 rings (SSSR count). The molecule has 0 radical (unpaired) electrons. The third-order valence-corrected chi connectivity index (χ3v) is 2.54. The van der Waals surface area contributed by atoms with Crippen LogP contribution in [0.4, 0.5) is 0 Å². The molecule has 3 heteroatoms. The van der Waals surface area contributed by atoms with Crippen molar-refractivity contribution in [3.8, 4) is 0 Å². The van der Waals surface area contributed by atoms with Gasteiger partial charge in [0.2, 0.25) is 0 Å². The van der Waals surface area contributed by atoms with Gasteiger partial charge in [-0.15, -0.1) is 0 Å². The fourth-order valence-corrected chi connectivity index (χ4v) is 1.58. The number of hydrogen-bond donors (Lipinski definition) is 1. The van der Waals surface area contributed by atoms with Crippen LogP contribution in [0.15, 0.2) is 33.7 Å². The van der Waals surface area contributed by atoms with E-state index in [1.165, 1.54) is 6.26 Å². The van der Waals surface area contributed by atoms with E-state index in [9.17, 15) is 4.79 Å². The zero-order valence-corrected chi connectivity index (χ0v) is 8.62. The van der Waals surface area contributed by atoms with E-state index in [0.717, 1.165) is 12.0 Å². The summed E-state index contributed by atoms with van der Waals surface area (Å²) >= 11 is 0. The lowest BCUT2D eigenvalue weighted by molar-refractivity contribution is 0.592. The molecule has 0 atom stereocenters. The Labute approximate surface area is 87.5 Å². The van der Waals surface area contributed by atoms with E-state index in [1.807, 2.05) is 18.2 Å². The Balaban J connectivity index is 2.78. The first kappa shape index (κ1) is 9.93. The van der Waals surface area contributed by atoms with Crippen molar-refractivity contribution >= 4 is 11.0 Å². The second kappa shape index (κ2) is 3.87. The molecule has 2 N–H and O–H groups in total. The van der Waals surface area contributed by atoms with E-state index in [1.54, 1.807) is 0 Å². The fourth-order valence-electron chi connectivity index (χ4n) is 1.58. The van der Waals surface area contributed by atoms with Gasteiger partial charge >= 0.3 is 0 Å². The Morgan fingerprint density at radius 3 is 2.87 bits per heavy atom. The first-order chi connectivity index (χ1) is 7.26. The second-order valence-electron chi connectivity index (χ2n) is 3.48. The molecule has 0 aliphatic heterocycles. The maximum atomic E-state index is 11.9. The van der Waals surface area contributed by atoms with Crippen LogP contribution < -0.4 is 11.2 Å². The highest BCUT2D eigenvalue weighted by Crippen LogP contribution is 2.13. The smallest absolute Gasteiger partial charge is 0.197 e. The Hall–Kier alpha value is -1.61. The standard InChI is InChI=1S/C12H13NO2/c1-2-8-3-4-11-10(5-8)12(14)9(6-13)7-15-11/h3-5,7H,2,6,13H2,1H3. The SMILES string of the molecule is CCc1ccc2occ(CN)c(=O)c2c1. The third kappa shape index (κ3) is 1.66. The number of fused-ring (bicyclic) bond motifs is 1. The molecule has 0 spiro atoms. The Morgan fingerprint density at radius 2 is 2.20 bits per heavy atom. The predicted molar refractivity (Wildman–Crippen MR) is 59.8 cm³/mol. The Morgan fingerprint density at radius 1 is 1.40 bits per heavy atom. The Kier molecular flexibility index (Phi) is 2.56. The number of nitrogens with two attached hydrogens (primary N) is 1. The van der Waals surface area contributed by atoms with Crippen LogP contribution in [0.2, 0.25) is 0 Å². The van der Waals surface area contributed by atoms with Gasteiger partial charge in [0.05, 0.1) is 11.6 Å². The molecule has 0 unspecified atom stereocenters. The van der Waals surface area contributed by atoms with Gasteiger partial charge in [0.15, 0.2) is 5.43 Å². The van der Waals surface area contributed by atoms with Crippen molar-refractivity contribution in [1.82, 2.24) is 0 Å². The van der Waals surface area contributed by atoms with Crippen molar-refractivity contribution in [2.45, 2.75) is 19.9 Å². The van der Waals surface area contributed by atoms with E-state index in [-0.39, 0.29) is 12.0 Å². The van der Waals surface area contributed by atoms with Gasteiger partial charge in [-0.3, -0.25) is 4.79 Å². The molecule has 0 aliphatic carbocycles. The van der Waals surface area contributed by atoms with Crippen LogP contribution in [-0.4, -0.2) is 0 Å². The molecule has 3 nitrogen and oxygen atoms in total. The van der Waals surface area contributed by atoms with Gasteiger partial charge in [0.1, 0.15) is 5.58 Å². The van der Waals surface area contributed by atoms with Crippen LogP contribution in [0.25, 0.3) is 11.0 Å². The van der Waals surface area contributed by atoms with Crippen LogP contribution in [0.1, 0.15) is 18.1 Å². The van der Waals surface area contributed by atoms with Gasteiger partial charge in [-0.05, 0) is 24.1 Å². The van der Waals surface area contributed by atoms with Crippen molar-refractivity contribution < 1.29 is 4.42 Å². The topological polar surface area (TPSA) is 56.2 Å². The molecule has 78 valence electrons. The molecule has 1 heterocycles.